The van der Waals surface area contributed by atoms with Crippen molar-refractivity contribution in [2.24, 2.45) is 7.05 Å². The van der Waals surface area contributed by atoms with Crippen LogP contribution < -0.4 is 16.6 Å². The summed E-state index contributed by atoms with van der Waals surface area (Å²) in [4.78, 5) is 37.0. The van der Waals surface area contributed by atoms with Gasteiger partial charge >= 0.3 is 5.69 Å². The minimum atomic E-state index is -0.696. The van der Waals surface area contributed by atoms with Crippen molar-refractivity contribution < 1.29 is 4.79 Å². The van der Waals surface area contributed by atoms with E-state index in [0.29, 0.717) is 6.42 Å². The monoisotopic (exact) mass is 291 g/mol. The summed E-state index contributed by atoms with van der Waals surface area (Å²) in [6.45, 7) is 3.71. The molecule has 21 heavy (non-hydrogen) atoms. The number of amides is 1. The van der Waals surface area contributed by atoms with Crippen molar-refractivity contribution in [2.45, 2.75) is 26.3 Å². The highest BCUT2D eigenvalue weighted by atomic mass is 16.2. The van der Waals surface area contributed by atoms with E-state index in [2.05, 4.69) is 20.5 Å². The zero-order chi connectivity index (χ0) is 15.6. The van der Waals surface area contributed by atoms with Gasteiger partial charge in [-0.3, -0.25) is 19.7 Å². The molecule has 8 nitrogen and oxygen atoms in total. The molecule has 2 aromatic rings. The van der Waals surface area contributed by atoms with Gasteiger partial charge in [0.15, 0.2) is 0 Å². The predicted molar refractivity (Wildman–Crippen MR) is 76.3 cm³/mol. The second-order valence-electron chi connectivity index (χ2n) is 5.03. The molecule has 2 aromatic heterocycles. The van der Waals surface area contributed by atoms with Crippen molar-refractivity contribution in [1.82, 2.24) is 25.1 Å². The van der Waals surface area contributed by atoms with E-state index >= 15 is 0 Å². The van der Waals surface area contributed by atoms with Crippen molar-refractivity contribution in [3.63, 3.8) is 0 Å². The Labute approximate surface area is 120 Å². The molecule has 0 saturated heterocycles. The highest BCUT2D eigenvalue weighted by molar-refractivity contribution is 5.93. The number of H-pyrrole nitrogens is 2. The number of aromatic nitrogens is 4. The molecule has 0 spiro atoms. The van der Waals surface area contributed by atoms with Crippen LogP contribution in [0, 0.1) is 6.92 Å². The summed E-state index contributed by atoms with van der Waals surface area (Å²) in [5, 5.41) is 9.63. The Balaban J connectivity index is 2.09. The fraction of sp³-hybridized carbons (Fsp3) is 0.385. The van der Waals surface area contributed by atoms with Crippen LogP contribution in [-0.4, -0.2) is 31.7 Å². The van der Waals surface area contributed by atoms with Gasteiger partial charge in [-0.2, -0.15) is 5.10 Å². The molecule has 0 aliphatic carbocycles. The molecular formula is C13H17N5O3. The fourth-order valence-corrected chi connectivity index (χ4v) is 1.97. The summed E-state index contributed by atoms with van der Waals surface area (Å²) in [7, 11) is 1.46. The summed E-state index contributed by atoms with van der Waals surface area (Å²) in [5.74, 6) is -0.522. The first-order valence-electron chi connectivity index (χ1n) is 6.48. The number of hydrogen-bond acceptors (Lipinski definition) is 4. The minimum Gasteiger partial charge on any atom is -0.349 e. The number of rotatable bonds is 4. The molecule has 0 aromatic carbocycles. The molecule has 0 unspecified atom stereocenters. The van der Waals surface area contributed by atoms with Crippen LogP contribution in [0.5, 0.6) is 0 Å². The molecule has 1 amide bonds. The van der Waals surface area contributed by atoms with Crippen molar-refractivity contribution in [2.75, 3.05) is 0 Å². The first-order chi connectivity index (χ1) is 9.86. The third-order valence-corrected chi connectivity index (χ3v) is 3.00. The standard InChI is InChI=1S/C13H17N5O3/c1-7(4-9-5-8(2)16-17-9)14-11(19)10-6-18(3)13(21)15-12(10)20/h5-7H,4H2,1-3H3,(H,14,19)(H,16,17)(H,15,20,21)/t7-/m1/s1. The van der Waals surface area contributed by atoms with E-state index in [-0.39, 0.29) is 11.6 Å². The normalized spacial score (nSPS) is 12.1. The number of carbonyl (C=O) groups is 1. The number of hydrogen-bond donors (Lipinski definition) is 3. The lowest BCUT2D eigenvalue weighted by Gasteiger charge is -2.12. The fourth-order valence-electron chi connectivity index (χ4n) is 1.97. The molecule has 0 saturated carbocycles. The molecule has 8 heteroatoms. The topological polar surface area (TPSA) is 113 Å². The van der Waals surface area contributed by atoms with E-state index in [1.807, 2.05) is 19.9 Å². The van der Waals surface area contributed by atoms with Gasteiger partial charge in [0.1, 0.15) is 5.56 Å². The van der Waals surface area contributed by atoms with Crippen LogP contribution in [-0.2, 0) is 13.5 Å². The minimum absolute atomic E-state index is 0.0952. The van der Waals surface area contributed by atoms with Crippen LogP contribution >= 0.6 is 0 Å². The molecule has 0 radical (unpaired) electrons. The van der Waals surface area contributed by atoms with Gasteiger partial charge in [0, 0.05) is 31.4 Å². The molecule has 0 aliphatic heterocycles. The third-order valence-electron chi connectivity index (χ3n) is 3.00. The Morgan fingerprint density at radius 2 is 2.19 bits per heavy atom. The number of carbonyl (C=O) groups excluding carboxylic acids is 1. The van der Waals surface area contributed by atoms with E-state index < -0.39 is 17.2 Å². The van der Waals surface area contributed by atoms with E-state index in [9.17, 15) is 14.4 Å². The van der Waals surface area contributed by atoms with Crippen molar-refractivity contribution in [1.29, 1.82) is 0 Å². The van der Waals surface area contributed by atoms with Crippen molar-refractivity contribution in [3.8, 4) is 0 Å². The quantitative estimate of drug-likeness (QED) is 0.702. The molecule has 1 atom stereocenters. The van der Waals surface area contributed by atoms with Crippen molar-refractivity contribution in [3.05, 3.63) is 50.1 Å². The number of nitrogens with zero attached hydrogens (tertiary/aromatic N) is 2. The van der Waals surface area contributed by atoms with Crippen LogP contribution in [0.1, 0.15) is 28.7 Å². The Morgan fingerprint density at radius 1 is 1.48 bits per heavy atom. The maximum absolute atomic E-state index is 12.1. The summed E-state index contributed by atoms with van der Waals surface area (Å²) < 4.78 is 1.15. The second kappa shape index (κ2) is 5.78. The Hall–Kier alpha value is -2.64. The highest BCUT2D eigenvalue weighted by Crippen LogP contribution is 2.02. The average Bonchev–Trinajstić information content (AvgIpc) is 2.78. The van der Waals surface area contributed by atoms with Crippen LogP contribution in [0.15, 0.2) is 21.9 Å². The Bertz CT molecular complexity index is 771. The zero-order valence-corrected chi connectivity index (χ0v) is 12.1. The summed E-state index contributed by atoms with van der Waals surface area (Å²) >= 11 is 0. The first kappa shape index (κ1) is 14.8. The van der Waals surface area contributed by atoms with Gasteiger partial charge < -0.3 is 9.88 Å². The lowest BCUT2D eigenvalue weighted by atomic mass is 10.1. The Kier molecular flexibility index (Phi) is 4.06. The molecule has 112 valence electrons. The maximum atomic E-state index is 12.1. The molecule has 3 N–H and O–H groups in total. The van der Waals surface area contributed by atoms with E-state index in [1.165, 1.54) is 13.2 Å². The van der Waals surface area contributed by atoms with Crippen LogP contribution in [0.25, 0.3) is 0 Å². The summed E-state index contributed by atoms with van der Waals surface area (Å²) in [6, 6.07) is 1.69. The largest absolute Gasteiger partial charge is 0.349 e. The van der Waals surface area contributed by atoms with E-state index in [0.717, 1.165) is 16.0 Å². The second-order valence-corrected chi connectivity index (χ2v) is 5.03. The zero-order valence-electron chi connectivity index (χ0n) is 12.1. The van der Waals surface area contributed by atoms with Gasteiger partial charge in [-0.15, -0.1) is 0 Å². The SMILES string of the molecule is Cc1cc(C[C@@H](C)NC(=O)c2cn(C)c(=O)[nH]c2=O)n[nH]1. The number of aromatic amines is 2. The van der Waals surface area contributed by atoms with Crippen LogP contribution in [0.4, 0.5) is 0 Å². The van der Waals surface area contributed by atoms with Gasteiger partial charge in [-0.1, -0.05) is 0 Å². The summed E-state index contributed by atoms with van der Waals surface area (Å²) in [6.07, 6.45) is 1.77. The molecule has 0 aliphatic rings. The lowest BCUT2D eigenvalue weighted by Crippen LogP contribution is -2.40. The first-order valence-corrected chi connectivity index (χ1v) is 6.48. The van der Waals surface area contributed by atoms with Crippen molar-refractivity contribution >= 4 is 5.91 Å². The number of aryl methyl sites for hydroxylation is 2. The number of nitrogens with one attached hydrogen (secondary N) is 3. The van der Waals surface area contributed by atoms with Gasteiger partial charge in [0.05, 0.1) is 5.69 Å². The van der Waals surface area contributed by atoms with E-state index in [4.69, 9.17) is 0 Å². The molecule has 0 fully saturated rings. The van der Waals surface area contributed by atoms with Crippen LogP contribution in [0.3, 0.4) is 0 Å². The molecule has 2 heterocycles. The van der Waals surface area contributed by atoms with Gasteiger partial charge in [0.25, 0.3) is 11.5 Å². The summed E-state index contributed by atoms with van der Waals surface area (Å²) in [5.41, 5.74) is 0.421. The van der Waals surface area contributed by atoms with Crippen LogP contribution in [0.2, 0.25) is 0 Å². The van der Waals surface area contributed by atoms with E-state index in [1.54, 1.807) is 0 Å². The van der Waals surface area contributed by atoms with Gasteiger partial charge in [-0.25, -0.2) is 4.79 Å². The molecule has 2 rings (SSSR count). The predicted octanol–water partition coefficient (Wildman–Crippen LogP) is -0.534. The average molecular weight is 291 g/mol. The van der Waals surface area contributed by atoms with Gasteiger partial charge in [-0.05, 0) is 19.9 Å². The molecule has 0 bridgehead atoms. The molecular weight excluding hydrogens is 274 g/mol. The maximum Gasteiger partial charge on any atom is 0.328 e. The lowest BCUT2D eigenvalue weighted by molar-refractivity contribution is 0.0937. The smallest absolute Gasteiger partial charge is 0.328 e. The highest BCUT2D eigenvalue weighted by Gasteiger charge is 2.15. The Morgan fingerprint density at radius 3 is 2.81 bits per heavy atom. The van der Waals surface area contributed by atoms with Gasteiger partial charge in [0.2, 0.25) is 0 Å². The third kappa shape index (κ3) is 3.47.